The summed E-state index contributed by atoms with van der Waals surface area (Å²) in [4.78, 5) is 0. The van der Waals surface area contributed by atoms with Crippen LogP contribution in [0.5, 0.6) is 0 Å². The van der Waals surface area contributed by atoms with E-state index in [9.17, 15) is 0 Å². The fraction of sp³-hybridized carbons (Fsp3) is 0.769. The molecule has 0 aromatic rings. The monoisotopic (exact) mass is 223 g/mol. The van der Waals surface area contributed by atoms with Crippen LogP contribution in [-0.4, -0.2) is 23.1 Å². The van der Waals surface area contributed by atoms with Crippen molar-refractivity contribution in [1.29, 1.82) is 0 Å². The van der Waals surface area contributed by atoms with Gasteiger partial charge in [-0.3, -0.25) is 0 Å². The number of epoxide rings is 1. The molecule has 3 atom stereocenters. The molecule has 16 heavy (non-hydrogen) atoms. The molecular weight excluding hydrogens is 202 g/mol. The maximum atomic E-state index is 8.75. The molecule has 0 amide bonds. The summed E-state index contributed by atoms with van der Waals surface area (Å²) in [5.74, 6) is 0.461. The molecule has 1 aliphatic carbocycles. The first-order valence-electron chi connectivity index (χ1n) is 5.98. The van der Waals surface area contributed by atoms with Crippen LogP contribution in [0, 0.1) is 11.3 Å². The molecule has 90 valence electrons. The number of hydrogen-bond acceptors (Lipinski definition) is 3. The Morgan fingerprint density at radius 3 is 2.81 bits per heavy atom. The van der Waals surface area contributed by atoms with E-state index in [1.165, 1.54) is 18.4 Å². The maximum Gasteiger partial charge on any atom is 0.126 e. The SMILES string of the molecule is CC1=CCCC(C)(C)C1C1OC1/C(C)=N/O. The minimum absolute atomic E-state index is 0.0238. The Morgan fingerprint density at radius 1 is 1.56 bits per heavy atom. The maximum absolute atomic E-state index is 8.75. The van der Waals surface area contributed by atoms with E-state index in [0.717, 1.165) is 0 Å². The summed E-state index contributed by atoms with van der Waals surface area (Å²) in [6.07, 6.45) is 4.93. The van der Waals surface area contributed by atoms with Crippen molar-refractivity contribution in [2.24, 2.45) is 16.5 Å². The lowest BCUT2D eigenvalue weighted by atomic mass is 9.66. The van der Waals surface area contributed by atoms with E-state index < -0.39 is 0 Å². The molecule has 3 nitrogen and oxygen atoms in total. The van der Waals surface area contributed by atoms with Gasteiger partial charge in [0.2, 0.25) is 0 Å². The van der Waals surface area contributed by atoms with Crippen LogP contribution in [0.25, 0.3) is 0 Å². The molecule has 0 saturated carbocycles. The van der Waals surface area contributed by atoms with Gasteiger partial charge in [-0.05, 0) is 32.1 Å². The molecule has 0 radical (unpaired) electrons. The van der Waals surface area contributed by atoms with E-state index >= 15 is 0 Å². The molecular formula is C13H21NO2. The van der Waals surface area contributed by atoms with Crippen LogP contribution in [0.15, 0.2) is 16.8 Å². The molecule has 3 unspecified atom stereocenters. The summed E-state index contributed by atoms with van der Waals surface area (Å²) in [7, 11) is 0. The Labute approximate surface area is 97.2 Å². The summed E-state index contributed by atoms with van der Waals surface area (Å²) in [5.41, 5.74) is 2.40. The second-order valence-corrected chi connectivity index (χ2v) is 5.72. The molecule has 0 spiro atoms. The zero-order valence-electron chi connectivity index (χ0n) is 10.5. The number of allylic oxidation sites excluding steroid dienone is 1. The lowest BCUT2D eigenvalue weighted by Gasteiger charge is -2.37. The molecule has 2 rings (SSSR count). The Kier molecular flexibility index (Phi) is 2.82. The van der Waals surface area contributed by atoms with E-state index in [4.69, 9.17) is 9.94 Å². The largest absolute Gasteiger partial charge is 0.411 e. The second-order valence-electron chi connectivity index (χ2n) is 5.72. The zero-order chi connectivity index (χ0) is 11.9. The fourth-order valence-corrected chi connectivity index (χ4v) is 3.04. The first-order chi connectivity index (χ1) is 7.47. The highest BCUT2D eigenvalue weighted by atomic mass is 16.6. The Morgan fingerprint density at radius 2 is 2.25 bits per heavy atom. The first kappa shape index (κ1) is 11.6. The predicted molar refractivity (Wildman–Crippen MR) is 63.8 cm³/mol. The Bertz CT molecular complexity index is 344. The third-order valence-electron chi connectivity index (χ3n) is 4.01. The van der Waals surface area contributed by atoms with Crippen molar-refractivity contribution in [3.05, 3.63) is 11.6 Å². The first-order valence-corrected chi connectivity index (χ1v) is 5.98. The van der Waals surface area contributed by atoms with Crippen LogP contribution < -0.4 is 0 Å². The third-order valence-corrected chi connectivity index (χ3v) is 4.01. The van der Waals surface area contributed by atoms with Crippen molar-refractivity contribution < 1.29 is 9.94 Å². The molecule has 2 aliphatic rings. The summed E-state index contributed by atoms with van der Waals surface area (Å²) in [5, 5.41) is 12.0. The van der Waals surface area contributed by atoms with Crippen molar-refractivity contribution in [3.8, 4) is 0 Å². The number of rotatable bonds is 2. The van der Waals surface area contributed by atoms with Gasteiger partial charge in [0.25, 0.3) is 0 Å². The van der Waals surface area contributed by atoms with Gasteiger partial charge < -0.3 is 9.94 Å². The van der Waals surface area contributed by atoms with Crippen molar-refractivity contribution in [2.75, 3.05) is 0 Å². The van der Waals surface area contributed by atoms with Gasteiger partial charge in [0.05, 0.1) is 11.8 Å². The molecule has 1 N–H and O–H groups in total. The molecule has 1 saturated heterocycles. The van der Waals surface area contributed by atoms with E-state index in [2.05, 4.69) is 32.0 Å². The molecule has 0 aromatic carbocycles. The highest BCUT2D eigenvalue weighted by Crippen LogP contribution is 2.49. The minimum atomic E-state index is 0.0238. The summed E-state index contributed by atoms with van der Waals surface area (Å²) in [6.45, 7) is 8.62. The molecule has 3 heteroatoms. The van der Waals surface area contributed by atoms with Gasteiger partial charge in [0.15, 0.2) is 0 Å². The normalized spacial score (nSPS) is 38.1. The van der Waals surface area contributed by atoms with E-state index in [1.807, 2.05) is 6.92 Å². The number of oxime groups is 1. The van der Waals surface area contributed by atoms with Gasteiger partial charge >= 0.3 is 0 Å². The lowest BCUT2D eigenvalue weighted by Crippen LogP contribution is -2.33. The van der Waals surface area contributed by atoms with Gasteiger partial charge in [-0.25, -0.2) is 0 Å². The topological polar surface area (TPSA) is 45.1 Å². The summed E-state index contributed by atoms with van der Waals surface area (Å²) >= 11 is 0. The third kappa shape index (κ3) is 1.88. The number of hydrogen-bond donors (Lipinski definition) is 1. The van der Waals surface area contributed by atoms with Gasteiger partial charge in [-0.2, -0.15) is 0 Å². The van der Waals surface area contributed by atoms with Gasteiger partial charge in [-0.15, -0.1) is 0 Å². The van der Waals surface area contributed by atoms with Gasteiger partial charge in [-0.1, -0.05) is 30.7 Å². The van der Waals surface area contributed by atoms with Crippen molar-refractivity contribution >= 4 is 5.71 Å². The number of ether oxygens (including phenoxy) is 1. The van der Waals surface area contributed by atoms with Gasteiger partial charge in [0.1, 0.15) is 6.10 Å². The quantitative estimate of drug-likeness (QED) is 0.257. The fourth-order valence-electron chi connectivity index (χ4n) is 3.04. The average Bonchev–Trinajstić information content (AvgIpc) is 2.95. The standard InChI is InChI=1S/C13H21NO2/c1-8-6-5-7-13(3,4)10(8)12-11(16-12)9(2)14-15/h6,10-12,15H,5,7H2,1-4H3/b14-9+. The second kappa shape index (κ2) is 3.88. The smallest absolute Gasteiger partial charge is 0.126 e. The van der Waals surface area contributed by atoms with Crippen LogP contribution >= 0.6 is 0 Å². The predicted octanol–water partition coefficient (Wildman–Crippen LogP) is 2.99. The minimum Gasteiger partial charge on any atom is -0.411 e. The van der Waals surface area contributed by atoms with Crippen LogP contribution in [0.4, 0.5) is 0 Å². The van der Waals surface area contributed by atoms with Crippen molar-refractivity contribution in [2.45, 2.75) is 52.7 Å². The highest BCUT2D eigenvalue weighted by Gasteiger charge is 2.52. The van der Waals surface area contributed by atoms with Crippen LogP contribution in [0.3, 0.4) is 0 Å². The molecule has 0 aromatic heterocycles. The molecule has 1 aliphatic heterocycles. The molecule has 1 fully saturated rings. The van der Waals surface area contributed by atoms with E-state index in [0.29, 0.717) is 11.6 Å². The lowest BCUT2D eigenvalue weighted by molar-refractivity contribution is 0.172. The Balaban J connectivity index is 2.15. The average molecular weight is 223 g/mol. The van der Waals surface area contributed by atoms with Crippen LogP contribution in [0.2, 0.25) is 0 Å². The Hall–Kier alpha value is -0.830. The molecule has 0 bridgehead atoms. The highest BCUT2D eigenvalue weighted by molar-refractivity contribution is 5.88. The molecule has 1 heterocycles. The van der Waals surface area contributed by atoms with Crippen molar-refractivity contribution in [1.82, 2.24) is 0 Å². The van der Waals surface area contributed by atoms with E-state index in [1.54, 1.807) is 0 Å². The van der Waals surface area contributed by atoms with E-state index in [-0.39, 0.29) is 17.6 Å². The zero-order valence-corrected chi connectivity index (χ0v) is 10.5. The van der Waals surface area contributed by atoms with Crippen molar-refractivity contribution in [3.63, 3.8) is 0 Å². The van der Waals surface area contributed by atoms with Gasteiger partial charge in [0, 0.05) is 5.92 Å². The summed E-state index contributed by atoms with van der Waals surface area (Å²) < 4.78 is 5.68. The van der Waals surface area contributed by atoms with Crippen LogP contribution in [-0.2, 0) is 4.74 Å². The summed E-state index contributed by atoms with van der Waals surface area (Å²) in [6, 6.07) is 0. The number of nitrogens with zero attached hydrogens (tertiary/aromatic N) is 1. The van der Waals surface area contributed by atoms with Crippen LogP contribution in [0.1, 0.15) is 40.5 Å².